The van der Waals surface area contributed by atoms with Gasteiger partial charge in [-0.15, -0.1) is 0 Å². The Morgan fingerprint density at radius 2 is 2.00 bits per heavy atom. The fourth-order valence-corrected chi connectivity index (χ4v) is 1.61. The Morgan fingerprint density at radius 1 is 1.21 bits per heavy atom. The molecule has 0 aromatic heterocycles. The summed E-state index contributed by atoms with van der Waals surface area (Å²) in [5, 5.41) is 3.84. The highest BCUT2D eigenvalue weighted by Gasteiger charge is 2.04. The summed E-state index contributed by atoms with van der Waals surface area (Å²) in [6.45, 7) is 1.97. The van der Waals surface area contributed by atoms with Crippen molar-refractivity contribution in [1.29, 1.82) is 0 Å². The van der Waals surface area contributed by atoms with Gasteiger partial charge >= 0.3 is 0 Å². The topological polar surface area (TPSA) is 41.5 Å². The highest BCUT2D eigenvalue weighted by molar-refractivity contribution is 5.94. The first-order chi connectivity index (χ1) is 9.15. The van der Waals surface area contributed by atoms with Gasteiger partial charge in [0.25, 0.3) is 5.91 Å². The second-order valence-corrected chi connectivity index (χ2v) is 4.12. The molecule has 0 radical (unpaired) electrons. The summed E-state index contributed by atoms with van der Waals surface area (Å²) in [5.74, 6) is -0.890. The smallest absolute Gasteiger partial charge is 0.267 e. The van der Waals surface area contributed by atoms with Crippen molar-refractivity contribution in [3.8, 4) is 0 Å². The SMILES string of the molecule is Cc1cccc(/C=N\NC(=O)c2cccc(F)c2)c1. The van der Waals surface area contributed by atoms with E-state index in [0.717, 1.165) is 17.2 Å². The molecule has 0 aliphatic carbocycles. The molecule has 0 unspecified atom stereocenters. The van der Waals surface area contributed by atoms with E-state index in [-0.39, 0.29) is 5.56 Å². The number of amides is 1. The molecule has 2 rings (SSSR count). The molecule has 96 valence electrons. The highest BCUT2D eigenvalue weighted by Crippen LogP contribution is 2.03. The lowest BCUT2D eigenvalue weighted by Crippen LogP contribution is -2.17. The zero-order valence-electron chi connectivity index (χ0n) is 10.4. The van der Waals surface area contributed by atoms with E-state index in [1.54, 1.807) is 6.21 Å². The maximum Gasteiger partial charge on any atom is 0.271 e. The molecule has 0 saturated heterocycles. The van der Waals surface area contributed by atoms with E-state index in [1.165, 1.54) is 18.2 Å². The summed E-state index contributed by atoms with van der Waals surface area (Å²) < 4.78 is 12.9. The molecule has 0 saturated carbocycles. The first kappa shape index (κ1) is 13.0. The van der Waals surface area contributed by atoms with E-state index in [9.17, 15) is 9.18 Å². The van der Waals surface area contributed by atoms with Crippen molar-refractivity contribution >= 4 is 12.1 Å². The molecule has 1 amide bonds. The van der Waals surface area contributed by atoms with E-state index in [1.807, 2.05) is 31.2 Å². The molecule has 0 aliphatic rings. The van der Waals surface area contributed by atoms with Gasteiger partial charge in [-0.2, -0.15) is 5.10 Å². The third-order valence-electron chi connectivity index (χ3n) is 2.51. The number of hydrazone groups is 1. The van der Waals surface area contributed by atoms with Crippen LogP contribution in [0.5, 0.6) is 0 Å². The predicted molar refractivity (Wildman–Crippen MR) is 72.6 cm³/mol. The molecular weight excluding hydrogens is 243 g/mol. The molecule has 0 bridgehead atoms. The zero-order chi connectivity index (χ0) is 13.7. The van der Waals surface area contributed by atoms with Gasteiger partial charge < -0.3 is 0 Å². The van der Waals surface area contributed by atoms with Crippen LogP contribution in [0.2, 0.25) is 0 Å². The van der Waals surface area contributed by atoms with Gasteiger partial charge in [-0.25, -0.2) is 9.82 Å². The molecule has 2 aromatic carbocycles. The molecule has 0 spiro atoms. The van der Waals surface area contributed by atoms with Gasteiger partial charge in [-0.3, -0.25) is 4.79 Å². The van der Waals surface area contributed by atoms with Crippen LogP contribution >= 0.6 is 0 Å². The molecule has 19 heavy (non-hydrogen) atoms. The number of hydrogen-bond acceptors (Lipinski definition) is 2. The molecule has 0 atom stereocenters. The summed E-state index contributed by atoms with van der Waals surface area (Å²) >= 11 is 0. The van der Waals surface area contributed by atoms with Crippen LogP contribution in [0.3, 0.4) is 0 Å². The largest absolute Gasteiger partial charge is 0.271 e. The third-order valence-corrected chi connectivity index (χ3v) is 2.51. The Morgan fingerprint density at radius 3 is 2.74 bits per heavy atom. The van der Waals surface area contributed by atoms with Crippen molar-refractivity contribution in [1.82, 2.24) is 5.43 Å². The first-order valence-electron chi connectivity index (χ1n) is 5.81. The van der Waals surface area contributed by atoms with Crippen molar-refractivity contribution in [3.63, 3.8) is 0 Å². The van der Waals surface area contributed by atoms with Crippen molar-refractivity contribution in [2.24, 2.45) is 5.10 Å². The fraction of sp³-hybridized carbons (Fsp3) is 0.0667. The highest BCUT2D eigenvalue weighted by atomic mass is 19.1. The molecule has 3 nitrogen and oxygen atoms in total. The first-order valence-corrected chi connectivity index (χ1v) is 5.81. The summed E-state index contributed by atoms with van der Waals surface area (Å²) in [6, 6.07) is 13.2. The maximum atomic E-state index is 12.9. The van der Waals surface area contributed by atoms with Gasteiger partial charge in [-0.1, -0.05) is 35.9 Å². The summed E-state index contributed by atoms with van der Waals surface area (Å²) in [5.41, 5.74) is 4.60. The zero-order valence-corrected chi connectivity index (χ0v) is 10.4. The van der Waals surface area contributed by atoms with Gasteiger partial charge in [0.15, 0.2) is 0 Å². The average molecular weight is 256 g/mol. The number of nitrogens with zero attached hydrogens (tertiary/aromatic N) is 1. The van der Waals surface area contributed by atoms with E-state index in [0.29, 0.717) is 0 Å². The second-order valence-electron chi connectivity index (χ2n) is 4.12. The minimum absolute atomic E-state index is 0.237. The van der Waals surface area contributed by atoms with Crippen LogP contribution in [0.25, 0.3) is 0 Å². The normalized spacial score (nSPS) is 10.6. The number of halogens is 1. The number of carbonyl (C=O) groups is 1. The van der Waals surface area contributed by atoms with Crippen LogP contribution < -0.4 is 5.43 Å². The number of rotatable bonds is 3. The van der Waals surface area contributed by atoms with Gasteiger partial charge in [-0.05, 0) is 30.7 Å². The standard InChI is InChI=1S/C15H13FN2O/c1-11-4-2-5-12(8-11)10-17-18-15(19)13-6-3-7-14(16)9-13/h2-10H,1H3,(H,18,19)/b17-10-. The van der Waals surface area contributed by atoms with Gasteiger partial charge in [0, 0.05) is 5.56 Å². The Balaban J connectivity index is 2.01. The number of carbonyl (C=O) groups excluding carboxylic acids is 1. The number of nitrogens with one attached hydrogen (secondary N) is 1. The summed E-state index contributed by atoms with van der Waals surface area (Å²) in [4.78, 5) is 11.7. The van der Waals surface area contributed by atoms with Crippen LogP contribution in [0, 0.1) is 12.7 Å². The third kappa shape index (κ3) is 3.74. The molecular formula is C15H13FN2O. The van der Waals surface area contributed by atoms with E-state index in [2.05, 4.69) is 10.5 Å². The van der Waals surface area contributed by atoms with Crippen LogP contribution in [-0.2, 0) is 0 Å². The van der Waals surface area contributed by atoms with Crippen molar-refractivity contribution < 1.29 is 9.18 Å². The molecule has 1 N–H and O–H groups in total. The Labute approximate surface area is 110 Å². The van der Waals surface area contributed by atoms with Crippen LogP contribution in [-0.4, -0.2) is 12.1 Å². The number of aryl methyl sites for hydroxylation is 1. The van der Waals surface area contributed by atoms with Gasteiger partial charge in [0.2, 0.25) is 0 Å². The second kappa shape index (κ2) is 5.91. The lowest BCUT2D eigenvalue weighted by atomic mass is 10.2. The molecule has 2 aromatic rings. The van der Waals surface area contributed by atoms with Crippen LogP contribution in [0.1, 0.15) is 21.5 Å². The summed E-state index contributed by atoms with van der Waals surface area (Å²) in [7, 11) is 0. The predicted octanol–water partition coefficient (Wildman–Crippen LogP) is 2.90. The van der Waals surface area contributed by atoms with Crippen molar-refractivity contribution in [2.75, 3.05) is 0 Å². The fourth-order valence-electron chi connectivity index (χ4n) is 1.61. The lowest BCUT2D eigenvalue weighted by Gasteiger charge is -2.00. The Bertz CT molecular complexity index is 623. The monoisotopic (exact) mass is 256 g/mol. The molecule has 4 heteroatoms. The number of hydrogen-bond donors (Lipinski definition) is 1. The van der Waals surface area contributed by atoms with Crippen LogP contribution in [0.4, 0.5) is 4.39 Å². The quantitative estimate of drug-likeness (QED) is 0.665. The Kier molecular flexibility index (Phi) is 4.03. The molecule has 0 heterocycles. The lowest BCUT2D eigenvalue weighted by molar-refractivity contribution is 0.0954. The van der Waals surface area contributed by atoms with Gasteiger partial charge in [0.05, 0.1) is 6.21 Å². The van der Waals surface area contributed by atoms with E-state index in [4.69, 9.17) is 0 Å². The van der Waals surface area contributed by atoms with E-state index < -0.39 is 11.7 Å². The summed E-state index contributed by atoms with van der Waals surface area (Å²) in [6.07, 6.45) is 1.55. The van der Waals surface area contributed by atoms with Gasteiger partial charge in [0.1, 0.15) is 5.82 Å². The maximum absolute atomic E-state index is 12.9. The minimum atomic E-state index is -0.449. The minimum Gasteiger partial charge on any atom is -0.267 e. The molecule has 0 fully saturated rings. The average Bonchev–Trinajstić information content (AvgIpc) is 2.38. The number of benzene rings is 2. The molecule has 0 aliphatic heterocycles. The van der Waals surface area contributed by atoms with Crippen molar-refractivity contribution in [3.05, 3.63) is 71.0 Å². The Hall–Kier alpha value is -2.49. The van der Waals surface area contributed by atoms with Crippen molar-refractivity contribution in [2.45, 2.75) is 6.92 Å². The van der Waals surface area contributed by atoms with Crippen LogP contribution in [0.15, 0.2) is 53.6 Å². The van der Waals surface area contributed by atoms with E-state index >= 15 is 0 Å².